The van der Waals surface area contributed by atoms with Crippen molar-refractivity contribution in [2.45, 2.75) is 19.1 Å². The van der Waals surface area contributed by atoms with Crippen LogP contribution in [0.1, 0.15) is 5.56 Å². The third-order valence-corrected chi connectivity index (χ3v) is 2.52. The summed E-state index contributed by atoms with van der Waals surface area (Å²) in [6, 6.07) is 12.0. The summed E-state index contributed by atoms with van der Waals surface area (Å²) < 4.78 is 0. The first kappa shape index (κ1) is 12.1. The minimum Gasteiger partial charge on any atom is -0.262 e. The largest absolute Gasteiger partial charge is 1.00 e. The molecule has 0 radical (unpaired) electrons. The summed E-state index contributed by atoms with van der Waals surface area (Å²) in [6.07, 6.45) is 0. The Balaban J connectivity index is 0.000001000. The van der Waals surface area contributed by atoms with Crippen LogP contribution in [0.5, 0.6) is 0 Å². The molecule has 0 bridgehead atoms. The normalized spacial score (nSPS) is 9.36. The van der Waals surface area contributed by atoms with E-state index in [1.807, 2.05) is 0 Å². The summed E-state index contributed by atoms with van der Waals surface area (Å²) in [4.78, 5) is 0. The Morgan fingerprint density at radius 3 is 2.09 bits per heavy atom. The van der Waals surface area contributed by atoms with E-state index in [0.29, 0.717) is 0 Å². The minimum atomic E-state index is -0.0870. The van der Waals surface area contributed by atoms with Crippen LogP contribution in [0.2, 0.25) is 13.1 Å². The van der Waals surface area contributed by atoms with Gasteiger partial charge < -0.3 is 0 Å². The monoisotopic (exact) mass is 188 g/mol. The first-order valence-corrected chi connectivity index (χ1v) is 6.32. The van der Waals surface area contributed by atoms with E-state index in [0.717, 1.165) is 0 Å². The van der Waals surface area contributed by atoms with Crippen molar-refractivity contribution in [3.05, 3.63) is 35.9 Å². The molecule has 0 amide bonds. The van der Waals surface area contributed by atoms with Crippen molar-refractivity contribution in [1.82, 2.24) is 0 Å². The standard InChI is InChI=1S/C9H13Si.K/c1-10(2)8-9-6-4-3-5-7-9;/h3-7H,8H2,1-2H3;/q-1;+1. The summed E-state index contributed by atoms with van der Waals surface area (Å²) in [5.74, 6) is 0. The van der Waals surface area contributed by atoms with Gasteiger partial charge in [-0.25, -0.2) is 0 Å². The van der Waals surface area contributed by atoms with Gasteiger partial charge in [-0.15, -0.1) is 0 Å². The molecule has 0 aliphatic carbocycles. The fourth-order valence-electron chi connectivity index (χ4n) is 1.00. The average molecular weight is 188 g/mol. The molecule has 1 aromatic carbocycles. The third kappa shape index (κ3) is 5.33. The molecular weight excluding hydrogens is 175 g/mol. The molecule has 54 valence electrons. The first-order chi connectivity index (χ1) is 4.79. The Hall–Kier alpha value is 1.07. The molecule has 0 atom stereocenters. The number of hydrogen-bond acceptors (Lipinski definition) is 0. The van der Waals surface area contributed by atoms with Crippen LogP contribution < -0.4 is 51.4 Å². The van der Waals surface area contributed by atoms with Crippen LogP contribution in [0.3, 0.4) is 0 Å². The summed E-state index contributed by atoms with van der Waals surface area (Å²) in [7, 11) is -0.0870. The zero-order valence-electron chi connectivity index (χ0n) is 7.59. The molecule has 0 heterocycles. The summed E-state index contributed by atoms with van der Waals surface area (Å²) in [5.41, 5.74) is 1.49. The van der Waals surface area contributed by atoms with Crippen LogP contribution in [0.25, 0.3) is 0 Å². The fraction of sp³-hybridized carbons (Fsp3) is 0.333. The molecule has 2 heteroatoms. The Labute approximate surface area is 113 Å². The van der Waals surface area contributed by atoms with Crippen molar-refractivity contribution in [3.63, 3.8) is 0 Å². The van der Waals surface area contributed by atoms with Crippen molar-refractivity contribution in [2.75, 3.05) is 0 Å². The Morgan fingerprint density at radius 2 is 1.64 bits per heavy atom. The van der Waals surface area contributed by atoms with E-state index in [1.54, 1.807) is 0 Å². The quantitative estimate of drug-likeness (QED) is 0.550. The first-order valence-electron chi connectivity index (χ1n) is 3.62. The molecule has 0 saturated carbocycles. The van der Waals surface area contributed by atoms with Crippen LogP contribution >= 0.6 is 0 Å². The van der Waals surface area contributed by atoms with Gasteiger partial charge in [-0.3, -0.25) is 8.80 Å². The predicted molar refractivity (Wildman–Crippen MR) is 47.6 cm³/mol. The van der Waals surface area contributed by atoms with Crippen molar-refractivity contribution < 1.29 is 51.4 Å². The summed E-state index contributed by atoms with van der Waals surface area (Å²) >= 11 is 0. The molecule has 0 aliphatic rings. The van der Waals surface area contributed by atoms with Gasteiger partial charge >= 0.3 is 51.4 Å². The van der Waals surface area contributed by atoms with E-state index in [2.05, 4.69) is 43.4 Å². The average Bonchev–Trinajstić information content (AvgIpc) is 1.88. The van der Waals surface area contributed by atoms with Gasteiger partial charge in [-0.1, -0.05) is 35.9 Å². The van der Waals surface area contributed by atoms with Gasteiger partial charge in [0.25, 0.3) is 0 Å². The molecule has 0 N–H and O–H groups in total. The van der Waals surface area contributed by atoms with Crippen molar-refractivity contribution >= 4 is 8.80 Å². The van der Waals surface area contributed by atoms with E-state index >= 15 is 0 Å². The van der Waals surface area contributed by atoms with Gasteiger partial charge in [0.05, 0.1) is 0 Å². The third-order valence-electron chi connectivity index (χ3n) is 1.40. The molecule has 0 fully saturated rings. The van der Waals surface area contributed by atoms with Gasteiger partial charge in [0.2, 0.25) is 0 Å². The molecule has 1 rings (SSSR count). The Kier molecular flexibility index (Phi) is 7.22. The van der Waals surface area contributed by atoms with E-state index in [-0.39, 0.29) is 60.2 Å². The molecule has 0 aromatic heterocycles. The number of rotatable bonds is 2. The van der Waals surface area contributed by atoms with Crippen molar-refractivity contribution in [2.24, 2.45) is 0 Å². The van der Waals surface area contributed by atoms with E-state index in [1.165, 1.54) is 11.6 Å². The van der Waals surface area contributed by atoms with Gasteiger partial charge in [-0.2, -0.15) is 19.1 Å². The molecule has 0 spiro atoms. The second-order valence-corrected chi connectivity index (χ2v) is 5.64. The fourth-order valence-corrected chi connectivity index (χ4v) is 2.06. The van der Waals surface area contributed by atoms with Gasteiger partial charge in [0.15, 0.2) is 0 Å². The smallest absolute Gasteiger partial charge is 0.262 e. The van der Waals surface area contributed by atoms with Gasteiger partial charge in [-0.05, 0) is 0 Å². The van der Waals surface area contributed by atoms with Crippen LogP contribution in [-0.2, 0) is 6.04 Å². The SMILES string of the molecule is C[Si-](C)Cc1ccccc1.[K+]. The minimum absolute atomic E-state index is 0. The molecule has 0 nitrogen and oxygen atoms in total. The van der Waals surface area contributed by atoms with Crippen LogP contribution in [-0.4, -0.2) is 8.80 Å². The summed E-state index contributed by atoms with van der Waals surface area (Å²) in [5, 5.41) is 0. The Bertz CT molecular complexity index is 184. The zero-order chi connectivity index (χ0) is 7.40. The second-order valence-electron chi connectivity index (χ2n) is 2.87. The molecular formula is C9H13KSi. The topological polar surface area (TPSA) is 0 Å². The summed E-state index contributed by atoms with van der Waals surface area (Å²) in [6.45, 7) is 4.69. The Morgan fingerprint density at radius 1 is 1.09 bits per heavy atom. The second kappa shape index (κ2) is 6.57. The van der Waals surface area contributed by atoms with E-state index < -0.39 is 0 Å². The number of hydrogen-bond donors (Lipinski definition) is 0. The van der Waals surface area contributed by atoms with E-state index in [4.69, 9.17) is 0 Å². The maximum Gasteiger partial charge on any atom is 1.00 e. The van der Waals surface area contributed by atoms with Crippen molar-refractivity contribution in [3.8, 4) is 0 Å². The van der Waals surface area contributed by atoms with Crippen LogP contribution in [0.15, 0.2) is 30.3 Å². The number of benzene rings is 1. The van der Waals surface area contributed by atoms with Crippen molar-refractivity contribution in [1.29, 1.82) is 0 Å². The van der Waals surface area contributed by atoms with Crippen LogP contribution in [0.4, 0.5) is 0 Å². The zero-order valence-corrected chi connectivity index (χ0v) is 11.7. The predicted octanol–water partition coefficient (Wildman–Crippen LogP) is -0.473. The molecule has 0 aliphatic heterocycles. The maximum absolute atomic E-state index is 2.34. The molecule has 0 unspecified atom stereocenters. The van der Waals surface area contributed by atoms with E-state index in [9.17, 15) is 0 Å². The van der Waals surface area contributed by atoms with Gasteiger partial charge in [0, 0.05) is 0 Å². The van der Waals surface area contributed by atoms with Gasteiger partial charge in [0.1, 0.15) is 0 Å². The molecule has 11 heavy (non-hydrogen) atoms. The molecule has 1 aromatic rings. The van der Waals surface area contributed by atoms with Crippen LogP contribution in [0, 0.1) is 0 Å². The maximum atomic E-state index is 2.34. The molecule has 0 saturated heterocycles.